The fourth-order valence-corrected chi connectivity index (χ4v) is 4.84. The van der Waals surface area contributed by atoms with Gasteiger partial charge in [-0.25, -0.2) is 0 Å². The average Bonchev–Trinajstić information content (AvgIpc) is 3.01. The van der Waals surface area contributed by atoms with Gasteiger partial charge in [0.05, 0.1) is 12.0 Å². The topological polar surface area (TPSA) is 32.3 Å². The Bertz CT molecular complexity index is 522. The molecule has 108 valence electrons. The zero-order valence-electron chi connectivity index (χ0n) is 12.0. The minimum absolute atomic E-state index is 0.191. The van der Waals surface area contributed by atoms with Gasteiger partial charge < -0.3 is 10.2 Å². The van der Waals surface area contributed by atoms with Crippen LogP contribution in [0.15, 0.2) is 11.4 Å². The number of carbonyl (C=O) groups excluding carboxylic acids is 1. The minimum Gasteiger partial charge on any atom is -0.335 e. The Kier molecular flexibility index (Phi) is 3.11. The van der Waals surface area contributed by atoms with Gasteiger partial charge in [-0.3, -0.25) is 4.79 Å². The van der Waals surface area contributed by atoms with E-state index in [1.165, 1.54) is 23.3 Å². The van der Waals surface area contributed by atoms with E-state index in [1.54, 1.807) is 0 Å². The van der Waals surface area contributed by atoms with Crippen molar-refractivity contribution in [2.45, 2.75) is 44.7 Å². The molecule has 4 rings (SSSR count). The number of rotatable bonds is 2. The number of amides is 1. The molecule has 1 saturated carbocycles. The summed E-state index contributed by atoms with van der Waals surface area (Å²) in [6.45, 7) is 4.07. The number of nitrogens with one attached hydrogen (secondary N) is 1. The molecule has 0 radical (unpaired) electrons. The number of hydrogen-bond donors (Lipinski definition) is 1. The standard InChI is InChI=1S/C16H22N2OS/c1-10-12(4-7-17-10)16(19)18-8-5-14-13(6-9-20-14)15(18)11-2-3-11/h6,9-12,15,17H,2-5,7-8H2,1H3. The molecule has 3 unspecified atom stereocenters. The summed E-state index contributed by atoms with van der Waals surface area (Å²) < 4.78 is 0. The van der Waals surface area contributed by atoms with Crippen LogP contribution < -0.4 is 5.32 Å². The normalized spacial score (nSPS) is 33.2. The van der Waals surface area contributed by atoms with Crippen LogP contribution in [0.5, 0.6) is 0 Å². The summed E-state index contributed by atoms with van der Waals surface area (Å²) in [6, 6.07) is 2.98. The van der Waals surface area contributed by atoms with Crippen LogP contribution in [-0.2, 0) is 11.2 Å². The molecule has 3 aliphatic rings. The SMILES string of the molecule is CC1NCCC1C(=O)N1CCc2sccc2C1C1CC1. The van der Waals surface area contributed by atoms with Crippen molar-refractivity contribution < 1.29 is 4.79 Å². The van der Waals surface area contributed by atoms with Gasteiger partial charge in [-0.1, -0.05) is 0 Å². The van der Waals surface area contributed by atoms with E-state index in [0.29, 0.717) is 18.0 Å². The lowest BCUT2D eigenvalue weighted by Crippen LogP contribution is -2.45. The summed E-state index contributed by atoms with van der Waals surface area (Å²) in [5, 5.41) is 5.62. The third kappa shape index (κ3) is 2.01. The molecule has 3 heterocycles. The van der Waals surface area contributed by atoms with E-state index in [-0.39, 0.29) is 5.92 Å². The van der Waals surface area contributed by atoms with Crippen LogP contribution in [0, 0.1) is 11.8 Å². The summed E-state index contributed by atoms with van der Waals surface area (Å²) in [6.07, 6.45) is 4.64. The van der Waals surface area contributed by atoms with Crippen molar-refractivity contribution in [2.24, 2.45) is 11.8 Å². The van der Waals surface area contributed by atoms with Crippen molar-refractivity contribution in [2.75, 3.05) is 13.1 Å². The molecule has 1 N–H and O–H groups in total. The van der Waals surface area contributed by atoms with Crippen molar-refractivity contribution >= 4 is 17.2 Å². The van der Waals surface area contributed by atoms with Crippen molar-refractivity contribution in [3.63, 3.8) is 0 Å². The van der Waals surface area contributed by atoms with Crippen LogP contribution in [0.1, 0.15) is 42.7 Å². The van der Waals surface area contributed by atoms with Crippen LogP contribution in [-0.4, -0.2) is 29.9 Å². The van der Waals surface area contributed by atoms with E-state index in [0.717, 1.165) is 31.8 Å². The number of thiophene rings is 1. The van der Waals surface area contributed by atoms with Crippen LogP contribution in [0.4, 0.5) is 0 Å². The molecule has 20 heavy (non-hydrogen) atoms. The smallest absolute Gasteiger partial charge is 0.227 e. The van der Waals surface area contributed by atoms with Crippen LogP contribution in [0.25, 0.3) is 0 Å². The second kappa shape index (κ2) is 4.85. The van der Waals surface area contributed by atoms with Gasteiger partial charge in [0.25, 0.3) is 0 Å². The van der Waals surface area contributed by atoms with E-state index in [4.69, 9.17) is 0 Å². The van der Waals surface area contributed by atoms with Gasteiger partial charge in [0.1, 0.15) is 0 Å². The molecule has 0 spiro atoms. The second-order valence-electron chi connectivity index (χ2n) is 6.50. The van der Waals surface area contributed by atoms with Crippen molar-refractivity contribution in [1.29, 1.82) is 0 Å². The lowest BCUT2D eigenvalue weighted by atomic mass is 9.92. The third-order valence-corrected chi connectivity index (χ3v) is 6.20. The molecule has 2 aliphatic heterocycles. The van der Waals surface area contributed by atoms with E-state index in [1.807, 2.05) is 11.3 Å². The minimum atomic E-state index is 0.191. The molecule has 3 atom stereocenters. The first-order valence-corrected chi connectivity index (χ1v) is 8.74. The maximum atomic E-state index is 13.0. The van der Waals surface area contributed by atoms with Gasteiger partial charge in [0.2, 0.25) is 5.91 Å². The average molecular weight is 290 g/mol. The van der Waals surface area contributed by atoms with E-state index in [2.05, 4.69) is 28.6 Å². The van der Waals surface area contributed by atoms with Crippen LogP contribution in [0.3, 0.4) is 0 Å². The summed E-state index contributed by atoms with van der Waals surface area (Å²) >= 11 is 1.87. The Balaban J connectivity index is 1.62. The Morgan fingerprint density at radius 2 is 2.25 bits per heavy atom. The van der Waals surface area contributed by atoms with E-state index < -0.39 is 0 Å². The highest BCUT2D eigenvalue weighted by molar-refractivity contribution is 7.10. The lowest BCUT2D eigenvalue weighted by molar-refractivity contribution is -0.139. The van der Waals surface area contributed by atoms with Gasteiger partial charge >= 0.3 is 0 Å². The monoisotopic (exact) mass is 290 g/mol. The second-order valence-corrected chi connectivity index (χ2v) is 7.50. The highest BCUT2D eigenvalue weighted by atomic mass is 32.1. The first-order chi connectivity index (χ1) is 9.75. The van der Waals surface area contributed by atoms with E-state index >= 15 is 0 Å². The molecular weight excluding hydrogens is 268 g/mol. The molecular formula is C16H22N2OS. The fourth-order valence-electron chi connectivity index (χ4n) is 3.92. The van der Waals surface area contributed by atoms with Gasteiger partial charge in [-0.2, -0.15) is 0 Å². The Hall–Kier alpha value is -0.870. The lowest BCUT2D eigenvalue weighted by Gasteiger charge is -2.38. The molecule has 1 aromatic rings. The van der Waals surface area contributed by atoms with E-state index in [9.17, 15) is 4.79 Å². The first-order valence-electron chi connectivity index (χ1n) is 7.86. The molecule has 2 fully saturated rings. The highest BCUT2D eigenvalue weighted by Crippen LogP contribution is 2.49. The Morgan fingerprint density at radius 1 is 1.40 bits per heavy atom. The molecule has 1 amide bonds. The molecule has 3 nitrogen and oxygen atoms in total. The molecule has 1 saturated heterocycles. The van der Waals surface area contributed by atoms with Crippen molar-refractivity contribution in [3.05, 3.63) is 21.9 Å². The first kappa shape index (κ1) is 12.8. The zero-order chi connectivity index (χ0) is 13.7. The van der Waals surface area contributed by atoms with Gasteiger partial charge in [0, 0.05) is 17.5 Å². The summed E-state index contributed by atoms with van der Waals surface area (Å²) in [5.74, 6) is 1.31. The maximum Gasteiger partial charge on any atom is 0.227 e. The van der Waals surface area contributed by atoms with Crippen LogP contribution >= 0.6 is 11.3 Å². The summed E-state index contributed by atoms with van der Waals surface area (Å²) in [7, 11) is 0. The number of carbonyl (C=O) groups is 1. The van der Waals surface area contributed by atoms with Gasteiger partial charge in [0.15, 0.2) is 0 Å². The third-order valence-electron chi connectivity index (χ3n) is 5.21. The number of hydrogen-bond acceptors (Lipinski definition) is 3. The largest absolute Gasteiger partial charge is 0.335 e. The predicted octanol–water partition coefficient (Wildman–Crippen LogP) is 2.58. The number of nitrogens with zero attached hydrogens (tertiary/aromatic N) is 1. The predicted molar refractivity (Wildman–Crippen MR) is 80.8 cm³/mol. The molecule has 0 aromatic carbocycles. The van der Waals surface area contributed by atoms with Crippen molar-refractivity contribution in [1.82, 2.24) is 10.2 Å². The fraction of sp³-hybridized carbons (Fsp3) is 0.688. The zero-order valence-corrected chi connectivity index (χ0v) is 12.8. The van der Waals surface area contributed by atoms with Crippen molar-refractivity contribution in [3.8, 4) is 0 Å². The summed E-state index contributed by atoms with van der Waals surface area (Å²) in [5.41, 5.74) is 1.45. The Morgan fingerprint density at radius 3 is 2.95 bits per heavy atom. The quantitative estimate of drug-likeness (QED) is 0.908. The highest BCUT2D eigenvalue weighted by Gasteiger charge is 2.44. The number of fused-ring (bicyclic) bond motifs is 1. The molecule has 1 aromatic heterocycles. The van der Waals surface area contributed by atoms with Gasteiger partial charge in [-0.15, -0.1) is 11.3 Å². The summed E-state index contributed by atoms with van der Waals surface area (Å²) in [4.78, 5) is 16.7. The molecule has 4 heteroatoms. The molecule has 0 bridgehead atoms. The Labute approximate surface area is 124 Å². The van der Waals surface area contributed by atoms with Crippen LogP contribution in [0.2, 0.25) is 0 Å². The van der Waals surface area contributed by atoms with Gasteiger partial charge in [-0.05, 0) is 62.1 Å². The maximum absolute atomic E-state index is 13.0. The molecule has 1 aliphatic carbocycles.